The van der Waals surface area contributed by atoms with Gasteiger partial charge < -0.3 is 10.8 Å². The highest BCUT2D eigenvalue weighted by molar-refractivity contribution is 7.89. The Bertz CT molecular complexity index is 534. The zero-order valence-corrected chi connectivity index (χ0v) is 11.9. The highest BCUT2D eigenvalue weighted by atomic mass is 32.2. The molecule has 0 aliphatic heterocycles. The van der Waals surface area contributed by atoms with Gasteiger partial charge in [0.2, 0.25) is 10.0 Å². The molecule has 1 saturated carbocycles. The van der Waals surface area contributed by atoms with Crippen LogP contribution in [0.3, 0.4) is 0 Å². The maximum atomic E-state index is 12.3. The first-order valence-corrected chi connectivity index (χ1v) is 7.82. The standard InChI is InChI=1S/C13H20N2O3S/c1-15(10-13(16)8-2-3-9-13)19(17,18)12-6-4-11(14)5-7-12/h4-7,16H,2-3,8-10,14H2,1H3. The smallest absolute Gasteiger partial charge is 0.242 e. The van der Waals surface area contributed by atoms with Crippen molar-refractivity contribution in [2.75, 3.05) is 19.3 Å². The summed E-state index contributed by atoms with van der Waals surface area (Å²) in [4.78, 5) is 0.200. The van der Waals surface area contributed by atoms with Gasteiger partial charge in [-0.3, -0.25) is 0 Å². The minimum Gasteiger partial charge on any atom is -0.399 e. The van der Waals surface area contributed by atoms with Gasteiger partial charge in [-0.15, -0.1) is 0 Å². The van der Waals surface area contributed by atoms with Gasteiger partial charge in [0, 0.05) is 19.3 Å². The fraction of sp³-hybridized carbons (Fsp3) is 0.538. The first-order valence-electron chi connectivity index (χ1n) is 6.38. The van der Waals surface area contributed by atoms with E-state index in [2.05, 4.69) is 0 Å². The molecule has 1 aromatic carbocycles. The number of nitrogen functional groups attached to an aromatic ring is 1. The van der Waals surface area contributed by atoms with E-state index in [1.54, 1.807) is 12.1 Å². The van der Waals surface area contributed by atoms with Crippen LogP contribution in [-0.2, 0) is 10.0 Å². The monoisotopic (exact) mass is 284 g/mol. The topological polar surface area (TPSA) is 83.6 Å². The van der Waals surface area contributed by atoms with Gasteiger partial charge in [0.15, 0.2) is 0 Å². The van der Waals surface area contributed by atoms with Gasteiger partial charge >= 0.3 is 0 Å². The zero-order chi connectivity index (χ0) is 14.1. The number of aliphatic hydroxyl groups is 1. The van der Waals surface area contributed by atoms with Crippen LogP contribution in [0.1, 0.15) is 25.7 Å². The Labute approximate surface area is 114 Å². The summed E-state index contributed by atoms with van der Waals surface area (Å²) in [6, 6.07) is 6.09. The SMILES string of the molecule is CN(CC1(O)CCCC1)S(=O)(=O)c1ccc(N)cc1. The molecule has 0 spiro atoms. The first kappa shape index (κ1) is 14.3. The molecule has 1 aromatic rings. The quantitative estimate of drug-likeness (QED) is 0.814. The third-order valence-electron chi connectivity index (χ3n) is 3.64. The van der Waals surface area contributed by atoms with Crippen LogP contribution in [0.5, 0.6) is 0 Å². The Kier molecular flexibility index (Phi) is 3.85. The second kappa shape index (κ2) is 5.11. The number of rotatable bonds is 4. The Hall–Kier alpha value is -1.11. The van der Waals surface area contributed by atoms with Crippen molar-refractivity contribution in [1.29, 1.82) is 0 Å². The molecule has 1 aliphatic rings. The van der Waals surface area contributed by atoms with E-state index in [1.807, 2.05) is 0 Å². The normalized spacial score (nSPS) is 18.9. The van der Waals surface area contributed by atoms with E-state index in [-0.39, 0.29) is 11.4 Å². The maximum Gasteiger partial charge on any atom is 0.242 e. The van der Waals surface area contributed by atoms with Crippen molar-refractivity contribution in [2.24, 2.45) is 0 Å². The number of sulfonamides is 1. The summed E-state index contributed by atoms with van der Waals surface area (Å²) in [7, 11) is -2.06. The molecule has 0 heterocycles. The number of anilines is 1. The average molecular weight is 284 g/mol. The third-order valence-corrected chi connectivity index (χ3v) is 5.46. The molecule has 0 saturated heterocycles. The number of likely N-dealkylation sites (N-methyl/N-ethyl adjacent to an activating group) is 1. The second-order valence-corrected chi connectivity index (χ2v) is 7.31. The van der Waals surface area contributed by atoms with Crippen molar-refractivity contribution in [3.05, 3.63) is 24.3 Å². The number of nitrogens with two attached hydrogens (primary N) is 1. The zero-order valence-electron chi connectivity index (χ0n) is 11.0. The van der Waals surface area contributed by atoms with Crippen molar-refractivity contribution in [3.8, 4) is 0 Å². The largest absolute Gasteiger partial charge is 0.399 e. The van der Waals surface area contributed by atoms with Gasteiger partial charge in [-0.1, -0.05) is 12.8 Å². The summed E-state index contributed by atoms with van der Waals surface area (Å²) in [6.07, 6.45) is 3.22. The van der Waals surface area contributed by atoms with E-state index in [0.717, 1.165) is 12.8 Å². The van der Waals surface area contributed by atoms with Gasteiger partial charge in [-0.2, -0.15) is 4.31 Å². The molecule has 0 atom stereocenters. The van der Waals surface area contributed by atoms with E-state index in [4.69, 9.17) is 5.73 Å². The lowest BCUT2D eigenvalue weighted by molar-refractivity contribution is 0.0333. The van der Waals surface area contributed by atoms with Crippen molar-refractivity contribution in [2.45, 2.75) is 36.2 Å². The van der Waals surface area contributed by atoms with Crippen LogP contribution in [0, 0.1) is 0 Å². The van der Waals surface area contributed by atoms with E-state index in [1.165, 1.54) is 23.5 Å². The molecule has 0 unspecified atom stereocenters. The molecular formula is C13H20N2O3S. The predicted molar refractivity (Wildman–Crippen MR) is 74.1 cm³/mol. The molecule has 3 N–H and O–H groups in total. The van der Waals surface area contributed by atoms with E-state index >= 15 is 0 Å². The van der Waals surface area contributed by atoms with Gasteiger partial charge in [0.1, 0.15) is 0 Å². The minimum absolute atomic E-state index is 0.139. The average Bonchev–Trinajstić information content (AvgIpc) is 2.76. The number of nitrogens with zero attached hydrogens (tertiary/aromatic N) is 1. The van der Waals surface area contributed by atoms with Gasteiger partial charge in [-0.25, -0.2) is 8.42 Å². The molecule has 2 rings (SSSR count). The first-order chi connectivity index (χ1) is 8.83. The van der Waals surface area contributed by atoms with E-state index in [0.29, 0.717) is 18.5 Å². The summed E-state index contributed by atoms with van der Waals surface area (Å²) >= 11 is 0. The fourth-order valence-electron chi connectivity index (χ4n) is 2.51. The molecular weight excluding hydrogens is 264 g/mol. The Morgan fingerprint density at radius 3 is 2.32 bits per heavy atom. The lowest BCUT2D eigenvalue weighted by atomic mass is 10.0. The van der Waals surface area contributed by atoms with Crippen molar-refractivity contribution < 1.29 is 13.5 Å². The summed E-state index contributed by atoms with van der Waals surface area (Å²) in [5.74, 6) is 0. The molecule has 0 aromatic heterocycles. The lowest BCUT2D eigenvalue weighted by Gasteiger charge is -2.28. The molecule has 1 fully saturated rings. The lowest BCUT2D eigenvalue weighted by Crippen LogP contribution is -2.41. The molecule has 5 nitrogen and oxygen atoms in total. The van der Waals surface area contributed by atoms with Crippen molar-refractivity contribution in [3.63, 3.8) is 0 Å². The molecule has 6 heteroatoms. The molecule has 0 amide bonds. The summed E-state index contributed by atoms with van der Waals surface area (Å²) in [5.41, 5.74) is 5.20. The van der Waals surface area contributed by atoms with Crippen molar-refractivity contribution >= 4 is 15.7 Å². The maximum absolute atomic E-state index is 12.3. The Balaban J connectivity index is 2.17. The van der Waals surface area contributed by atoms with E-state index < -0.39 is 15.6 Å². The predicted octanol–water partition coefficient (Wildman–Crippen LogP) is 1.19. The van der Waals surface area contributed by atoms with Crippen molar-refractivity contribution in [1.82, 2.24) is 4.31 Å². The molecule has 19 heavy (non-hydrogen) atoms. The highest BCUT2D eigenvalue weighted by Gasteiger charge is 2.35. The fourth-order valence-corrected chi connectivity index (χ4v) is 3.76. The van der Waals surface area contributed by atoms with Gasteiger partial charge in [-0.05, 0) is 37.1 Å². The van der Waals surface area contributed by atoms with Crippen LogP contribution in [0.4, 0.5) is 5.69 Å². The Morgan fingerprint density at radius 1 is 1.26 bits per heavy atom. The summed E-state index contributed by atoms with van der Waals surface area (Å²) < 4.78 is 25.9. The summed E-state index contributed by atoms with van der Waals surface area (Å²) in [5, 5.41) is 10.3. The van der Waals surface area contributed by atoms with Crippen LogP contribution in [0.15, 0.2) is 29.2 Å². The van der Waals surface area contributed by atoms with E-state index in [9.17, 15) is 13.5 Å². The molecule has 0 radical (unpaired) electrons. The van der Waals surface area contributed by atoms with Crippen LogP contribution in [0.2, 0.25) is 0 Å². The molecule has 1 aliphatic carbocycles. The van der Waals surface area contributed by atoms with Gasteiger partial charge in [0.25, 0.3) is 0 Å². The number of hydrogen-bond acceptors (Lipinski definition) is 4. The van der Waals surface area contributed by atoms with Crippen LogP contribution in [0.25, 0.3) is 0 Å². The Morgan fingerprint density at radius 2 is 1.79 bits per heavy atom. The minimum atomic E-state index is -3.56. The number of hydrogen-bond donors (Lipinski definition) is 2. The van der Waals surface area contributed by atoms with Crippen LogP contribution < -0.4 is 5.73 Å². The third kappa shape index (κ3) is 3.08. The van der Waals surface area contributed by atoms with Gasteiger partial charge in [0.05, 0.1) is 10.5 Å². The summed E-state index contributed by atoms with van der Waals surface area (Å²) in [6.45, 7) is 0.139. The molecule has 106 valence electrons. The number of benzene rings is 1. The second-order valence-electron chi connectivity index (χ2n) is 5.26. The highest BCUT2D eigenvalue weighted by Crippen LogP contribution is 2.31. The molecule has 0 bridgehead atoms. The van der Waals surface area contributed by atoms with Crippen LogP contribution in [-0.4, -0.2) is 37.0 Å². The van der Waals surface area contributed by atoms with Crippen LogP contribution >= 0.6 is 0 Å².